The topological polar surface area (TPSA) is 80.3 Å². The van der Waals surface area contributed by atoms with E-state index < -0.39 is 12.1 Å². The van der Waals surface area contributed by atoms with Crippen LogP contribution in [0, 0.1) is 0 Å². The van der Waals surface area contributed by atoms with E-state index in [1.54, 1.807) is 25.1 Å². The molecule has 2 N–H and O–H groups in total. The van der Waals surface area contributed by atoms with Gasteiger partial charge in [0.05, 0.1) is 6.61 Å². The van der Waals surface area contributed by atoms with Gasteiger partial charge in [0.1, 0.15) is 5.82 Å². The number of rotatable bonds is 2. The summed E-state index contributed by atoms with van der Waals surface area (Å²) in [5.41, 5.74) is 0. The van der Waals surface area contributed by atoms with Gasteiger partial charge in [-0.1, -0.05) is 6.07 Å². The SMILES string of the molecule is CCOC(=O)NC(=O)Nc1ccccn1. The Morgan fingerprint density at radius 3 is 2.87 bits per heavy atom. The summed E-state index contributed by atoms with van der Waals surface area (Å²) in [6.07, 6.45) is 0.742. The molecule has 15 heavy (non-hydrogen) atoms. The summed E-state index contributed by atoms with van der Waals surface area (Å²) in [5, 5.41) is 4.35. The van der Waals surface area contributed by atoms with Crippen molar-refractivity contribution in [1.29, 1.82) is 0 Å². The predicted octanol–water partition coefficient (Wildman–Crippen LogP) is 1.36. The molecule has 0 bridgehead atoms. The second kappa shape index (κ2) is 5.58. The summed E-state index contributed by atoms with van der Waals surface area (Å²) in [7, 11) is 0. The van der Waals surface area contributed by atoms with E-state index in [1.165, 1.54) is 6.20 Å². The molecule has 0 aromatic carbocycles. The molecule has 0 saturated heterocycles. The van der Waals surface area contributed by atoms with Crippen molar-refractivity contribution < 1.29 is 14.3 Å². The molecule has 0 aliphatic rings. The molecule has 1 aromatic heterocycles. The molecule has 0 radical (unpaired) electrons. The van der Waals surface area contributed by atoms with Crippen molar-refractivity contribution in [2.75, 3.05) is 11.9 Å². The summed E-state index contributed by atoms with van der Waals surface area (Å²) in [6.45, 7) is 1.86. The number of imide groups is 1. The number of ether oxygens (including phenoxy) is 1. The minimum atomic E-state index is -0.786. The molecule has 1 rings (SSSR count). The van der Waals surface area contributed by atoms with Gasteiger partial charge >= 0.3 is 12.1 Å². The lowest BCUT2D eigenvalue weighted by atomic mass is 10.5. The van der Waals surface area contributed by atoms with Gasteiger partial charge in [-0.25, -0.2) is 19.9 Å². The van der Waals surface area contributed by atoms with Crippen LogP contribution in [-0.4, -0.2) is 23.7 Å². The van der Waals surface area contributed by atoms with Crippen LogP contribution in [0.1, 0.15) is 6.92 Å². The lowest BCUT2D eigenvalue weighted by Crippen LogP contribution is -2.34. The van der Waals surface area contributed by atoms with Crippen LogP contribution in [-0.2, 0) is 4.74 Å². The first-order chi connectivity index (χ1) is 7.22. The zero-order valence-corrected chi connectivity index (χ0v) is 8.19. The predicted molar refractivity (Wildman–Crippen MR) is 53.4 cm³/mol. The standard InChI is InChI=1S/C9H11N3O3/c1-2-15-9(14)12-8(13)11-7-5-3-4-6-10-7/h3-6H,2H2,1H3,(H2,10,11,12,13,14). The molecular weight excluding hydrogens is 198 g/mol. The zero-order valence-electron chi connectivity index (χ0n) is 8.19. The average molecular weight is 209 g/mol. The van der Waals surface area contributed by atoms with E-state index in [9.17, 15) is 9.59 Å². The number of amides is 3. The van der Waals surface area contributed by atoms with E-state index in [-0.39, 0.29) is 6.61 Å². The largest absolute Gasteiger partial charge is 0.450 e. The summed E-state index contributed by atoms with van der Waals surface area (Å²) in [4.78, 5) is 25.8. The maximum atomic E-state index is 11.1. The highest BCUT2D eigenvalue weighted by atomic mass is 16.5. The van der Waals surface area contributed by atoms with Gasteiger partial charge in [-0.05, 0) is 19.1 Å². The van der Waals surface area contributed by atoms with Gasteiger partial charge in [0.2, 0.25) is 0 Å². The highest BCUT2D eigenvalue weighted by Crippen LogP contribution is 1.98. The summed E-state index contributed by atoms with van der Waals surface area (Å²) < 4.78 is 4.52. The Bertz CT molecular complexity index is 340. The quantitative estimate of drug-likeness (QED) is 0.770. The molecule has 6 heteroatoms. The van der Waals surface area contributed by atoms with Gasteiger partial charge in [0, 0.05) is 6.20 Å². The van der Waals surface area contributed by atoms with Crippen molar-refractivity contribution >= 4 is 17.9 Å². The van der Waals surface area contributed by atoms with Gasteiger partial charge in [-0.15, -0.1) is 0 Å². The lowest BCUT2D eigenvalue weighted by molar-refractivity contribution is 0.154. The first-order valence-corrected chi connectivity index (χ1v) is 4.38. The molecule has 6 nitrogen and oxygen atoms in total. The fraction of sp³-hybridized carbons (Fsp3) is 0.222. The third-order valence-corrected chi connectivity index (χ3v) is 1.40. The van der Waals surface area contributed by atoms with Gasteiger partial charge in [-0.3, -0.25) is 5.32 Å². The van der Waals surface area contributed by atoms with Crippen molar-refractivity contribution in [3.8, 4) is 0 Å². The van der Waals surface area contributed by atoms with Crippen LogP contribution in [0.4, 0.5) is 15.4 Å². The van der Waals surface area contributed by atoms with Gasteiger partial charge in [0.15, 0.2) is 0 Å². The maximum Gasteiger partial charge on any atom is 0.415 e. The number of nitrogens with zero attached hydrogens (tertiary/aromatic N) is 1. The van der Waals surface area contributed by atoms with Crippen molar-refractivity contribution in [1.82, 2.24) is 10.3 Å². The molecule has 3 amide bonds. The average Bonchev–Trinajstić information content (AvgIpc) is 2.19. The van der Waals surface area contributed by atoms with Crippen LogP contribution >= 0.6 is 0 Å². The van der Waals surface area contributed by atoms with Gasteiger partial charge < -0.3 is 4.74 Å². The monoisotopic (exact) mass is 209 g/mol. The van der Waals surface area contributed by atoms with Gasteiger partial charge in [0.25, 0.3) is 0 Å². The third-order valence-electron chi connectivity index (χ3n) is 1.40. The number of carbonyl (C=O) groups is 2. The van der Waals surface area contributed by atoms with Crippen molar-refractivity contribution in [2.24, 2.45) is 0 Å². The van der Waals surface area contributed by atoms with Crippen molar-refractivity contribution in [3.05, 3.63) is 24.4 Å². The molecule has 0 unspecified atom stereocenters. The van der Waals surface area contributed by atoms with Crippen LogP contribution < -0.4 is 10.6 Å². The Kier molecular flexibility index (Phi) is 4.08. The lowest BCUT2D eigenvalue weighted by Gasteiger charge is -2.05. The second-order valence-corrected chi connectivity index (χ2v) is 2.51. The fourth-order valence-corrected chi connectivity index (χ4v) is 0.844. The normalized spacial score (nSPS) is 9.13. The number of alkyl carbamates (subject to hydrolysis) is 1. The minimum absolute atomic E-state index is 0.211. The highest BCUT2D eigenvalue weighted by molar-refractivity contribution is 5.98. The number of hydrogen-bond acceptors (Lipinski definition) is 4. The molecule has 1 aromatic rings. The van der Waals surface area contributed by atoms with Crippen LogP contribution in [0.5, 0.6) is 0 Å². The van der Waals surface area contributed by atoms with Crippen molar-refractivity contribution in [2.45, 2.75) is 6.92 Å². The molecule has 0 atom stereocenters. The summed E-state index contributed by atoms with van der Waals surface area (Å²) in [6, 6.07) is 4.36. The minimum Gasteiger partial charge on any atom is -0.450 e. The van der Waals surface area contributed by atoms with Gasteiger partial charge in [-0.2, -0.15) is 0 Å². The van der Waals surface area contributed by atoms with E-state index >= 15 is 0 Å². The number of carbonyl (C=O) groups excluding carboxylic acids is 2. The number of urea groups is 1. The summed E-state index contributed by atoms with van der Waals surface area (Å²) >= 11 is 0. The highest BCUT2D eigenvalue weighted by Gasteiger charge is 2.07. The molecule has 0 saturated carbocycles. The molecule has 0 aliphatic heterocycles. The Balaban J connectivity index is 2.40. The van der Waals surface area contributed by atoms with Crippen molar-refractivity contribution in [3.63, 3.8) is 0 Å². The Labute approximate surface area is 86.6 Å². The Morgan fingerprint density at radius 1 is 1.47 bits per heavy atom. The molecule has 80 valence electrons. The number of aromatic nitrogens is 1. The van der Waals surface area contributed by atoms with E-state index in [0.29, 0.717) is 5.82 Å². The molecule has 0 fully saturated rings. The van der Waals surface area contributed by atoms with Crippen LogP contribution in [0.25, 0.3) is 0 Å². The third kappa shape index (κ3) is 4.08. The molecular formula is C9H11N3O3. The van der Waals surface area contributed by atoms with E-state index in [1.807, 2.05) is 5.32 Å². The maximum absolute atomic E-state index is 11.1. The molecule has 1 heterocycles. The zero-order chi connectivity index (χ0) is 11.1. The van der Waals surface area contributed by atoms with E-state index in [0.717, 1.165) is 0 Å². The molecule has 0 aliphatic carbocycles. The Hall–Kier alpha value is -2.11. The summed E-state index contributed by atoms with van der Waals surface area (Å²) in [5.74, 6) is 0.360. The fourth-order valence-electron chi connectivity index (χ4n) is 0.844. The number of hydrogen-bond donors (Lipinski definition) is 2. The second-order valence-electron chi connectivity index (χ2n) is 2.51. The van der Waals surface area contributed by atoms with Crippen LogP contribution in [0.2, 0.25) is 0 Å². The van der Waals surface area contributed by atoms with E-state index in [2.05, 4.69) is 15.0 Å². The smallest absolute Gasteiger partial charge is 0.415 e. The van der Waals surface area contributed by atoms with Crippen LogP contribution in [0.15, 0.2) is 24.4 Å². The van der Waals surface area contributed by atoms with E-state index in [4.69, 9.17) is 0 Å². The number of anilines is 1. The first kappa shape index (κ1) is 11.0. The molecule has 0 spiro atoms. The Morgan fingerprint density at radius 2 is 2.27 bits per heavy atom. The number of pyridine rings is 1. The first-order valence-electron chi connectivity index (χ1n) is 4.38. The number of nitrogens with one attached hydrogen (secondary N) is 2. The van der Waals surface area contributed by atoms with Crippen LogP contribution in [0.3, 0.4) is 0 Å².